The number of alkyl halides is 3. The van der Waals surface area contributed by atoms with E-state index in [1.807, 2.05) is 11.8 Å². The van der Waals surface area contributed by atoms with Crippen LogP contribution in [0, 0.1) is 0 Å². The average Bonchev–Trinajstić information content (AvgIpc) is 3.00. The number of rotatable bonds is 3. The van der Waals surface area contributed by atoms with Gasteiger partial charge in [-0.15, -0.1) is 0 Å². The van der Waals surface area contributed by atoms with Gasteiger partial charge in [0.25, 0.3) is 0 Å². The monoisotopic (exact) mass is 326 g/mol. The molecule has 1 aliphatic rings. The van der Waals surface area contributed by atoms with Crippen molar-refractivity contribution in [3.8, 4) is 0 Å². The lowest BCUT2D eigenvalue weighted by molar-refractivity contribution is -0.137. The summed E-state index contributed by atoms with van der Waals surface area (Å²) in [7, 11) is 0. The van der Waals surface area contributed by atoms with E-state index in [4.69, 9.17) is 0 Å². The van der Waals surface area contributed by atoms with Gasteiger partial charge in [-0.3, -0.25) is 4.90 Å². The Morgan fingerprint density at radius 3 is 2.65 bits per heavy atom. The van der Waals surface area contributed by atoms with Crippen LogP contribution in [0.5, 0.6) is 0 Å². The third kappa shape index (κ3) is 3.61. The Morgan fingerprint density at radius 1 is 1.26 bits per heavy atom. The average molecular weight is 326 g/mol. The molecule has 0 amide bonds. The zero-order valence-electron chi connectivity index (χ0n) is 12.6. The molecule has 23 heavy (non-hydrogen) atoms. The van der Waals surface area contributed by atoms with Crippen molar-refractivity contribution in [2.24, 2.45) is 0 Å². The molecule has 1 fully saturated rings. The van der Waals surface area contributed by atoms with E-state index in [0.717, 1.165) is 31.0 Å². The SMILES string of the molecule is C[C@@H]1CN(Cc2cn[nH]n2)CCN1c1ccc(C(F)(F)F)cn1. The number of aromatic nitrogens is 4. The van der Waals surface area contributed by atoms with Gasteiger partial charge >= 0.3 is 6.18 Å². The number of halogens is 3. The fourth-order valence-corrected chi connectivity index (χ4v) is 2.77. The molecule has 2 aromatic rings. The summed E-state index contributed by atoms with van der Waals surface area (Å²) in [6.07, 6.45) is -1.77. The number of anilines is 1. The van der Waals surface area contributed by atoms with Crippen LogP contribution < -0.4 is 4.90 Å². The zero-order chi connectivity index (χ0) is 16.4. The number of hydrogen-bond acceptors (Lipinski definition) is 5. The zero-order valence-corrected chi connectivity index (χ0v) is 12.6. The van der Waals surface area contributed by atoms with Crippen LogP contribution in [0.2, 0.25) is 0 Å². The van der Waals surface area contributed by atoms with Crippen LogP contribution in [0.3, 0.4) is 0 Å². The number of nitrogens with one attached hydrogen (secondary N) is 1. The van der Waals surface area contributed by atoms with Crippen LogP contribution in [0.15, 0.2) is 24.5 Å². The van der Waals surface area contributed by atoms with Crippen molar-refractivity contribution in [2.45, 2.75) is 25.7 Å². The molecule has 0 spiro atoms. The highest BCUT2D eigenvalue weighted by Gasteiger charge is 2.31. The molecule has 1 aliphatic heterocycles. The van der Waals surface area contributed by atoms with E-state index in [0.29, 0.717) is 18.9 Å². The van der Waals surface area contributed by atoms with Crippen LogP contribution in [-0.4, -0.2) is 51.0 Å². The van der Waals surface area contributed by atoms with E-state index in [1.165, 1.54) is 6.07 Å². The summed E-state index contributed by atoms with van der Waals surface area (Å²) in [4.78, 5) is 8.25. The van der Waals surface area contributed by atoms with Crippen molar-refractivity contribution in [3.63, 3.8) is 0 Å². The summed E-state index contributed by atoms with van der Waals surface area (Å²) in [5.41, 5.74) is 0.150. The Labute approximate surface area is 131 Å². The molecule has 3 rings (SSSR count). The first-order valence-electron chi connectivity index (χ1n) is 7.30. The van der Waals surface area contributed by atoms with Gasteiger partial charge in [-0.05, 0) is 19.1 Å². The number of piperazine rings is 1. The van der Waals surface area contributed by atoms with E-state index in [1.54, 1.807) is 6.20 Å². The third-order valence-corrected chi connectivity index (χ3v) is 3.93. The van der Waals surface area contributed by atoms with Crippen molar-refractivity contribution in [1.82, 2.24) is 25.3 Å². The lowest BCUT2D eigenvalue weighted by atomic mass is 10.1. The molecule has 0 bridgehead atoms. The predicted molar refractivity (Wildman–Crippen MR) is 77.7 cm³/mol. The smallest absolute Gasteiger partial charge is 0.351 e. The molecule has 1 atom stereocenters. The van der Waals surface area contributed by atoms with Crippen molar-refractivity contribution in [1.29, 1.82) is 0 Å². The van der Waals surface area contributed by atoms with Gasteiger partial charge in [0, 0.05) is 38.4 Å². The second kappa shape index (κ2) is 6.15. The van der Waals surface area contributed by atoms with E-state index in [9.17, 15) is 13.2 Å². The molecule has 0 aromatic carbocycles. The fraction of sp³-hybridized carbons (Fsp3) is 0.500. The molecule has 6 nitrogen and oxygen atoms in total. The fourth-order valence-electron chi connectivity index (χ4n) is 2.77. The standard InChI is InChI=1S/C14H17F3N6/c1-10-8-22(9-12-7-19-21-20-12)4-5-23(10)13-3-2-11(6-18-13)14(15,16)17/h2-3,6-7,10H,4-5,8-9H2,1H3,(H,19,20,21)/t10-/m1/s1. The molecular formula is C14H17F3N6. The lowest BCUT2D eigenvalue weighted by Crippen LogP contribution is -2.51. The van der Waals surface area contributed by atoms with E-state index in [2.05, 4.69) is 25.3 Å². The van der Waals surface area contributed by atoms with E-state index < -0.39 is 11.7 Å². The van der Waals surface area contributed by atoms with Crippen LogP contribution in [-0.2, 0) is 12.7 Å². The molecular weight excluding hydrogens is 309 g/mol. The Bertz CT molecular complexity index is 625. The summed E-state index contributed by atoms with van der Waals surface area (Å²) in [6.45, 7) is 5.02. The maximum Gasteiger partial charge on any atom is 0.417 e. The van der Waals surface area contributed by atoms with Crippen LogP contribution in [0.25, 0.3) is 0 Å². The number of H-pyrrole nitrogens is 1. The summed E-state index contributed by atoms with van der Waals surface area (Å²) in [6, 6.07) is 2.67. The number of nitrogens with zero attached hydrogens (tertiary/aromatic N) is 5. The lowest BCUT2D eigenvalue weighted by Gasteiger charge is -2.40. The highest BCUT2D eigenvalue weighted by molar-refractivity contribution is 5.41. The molecule has 0 aliphatic carbocycles. The largest absolute Gasteiger partial charge is 0.417 e. The number of pyridine rings is 1. The molecule has 1 N–H and O–H groups in total. The summed E-state index contributed by atoms with van der Waals surface area (Å²) in [5.74, 6) is 0.576. The molecule has 124 valence electrons. The normalized spacial score (nSPS) is 20.0. The first kappa shape index (κ1) is 15.7. The van der Waals surface area contributed by atoms with Gasteiger partial charge in [0.15, 0.2) is 0 Å². The number of aromatic amines is 1. The summed E-state index contributed by atoms with van der Waals surface area (Å²) >= 11 is 0. The van der Waals surface area contributed by atoms with Crippen molar-refractivity contribution < 1.29 is 13.2 Å². The molecule has 0 saturated carbocycles. The Morgan fingerprint density at radius 2 is 2.09 bits per heavy atom. The molecule has 0 unspecified atom stereocenters. The second-order valence-electron chi connectivity index (χ2n) is 5.64. The molecule has 3 heterocycles. The quantitative estimate of drug-likeness (QED) is 0.934. The Balaban J connectivity index is 1.64. The minimum atomic E-state index is -4.35. The minimum Gasteiger partial charge on any atom is -0.351 e. The predicted octanol–water partition coefficient (Wildman–Crippen LogP) is 1.93. The Kier molecular flexibility index (Phi) is 4.20. The Hall–Kier alpha value is -2.16. The van der Waals surface area contributed by atoms with Crippen molar-refractivity contribution in [3.05, 3.63) is 35.8 Å². The van der Waals surface area contributed by atoms with Crippen molar-refractivity contribution in [2.75, 3.05) is 24.5 Å². The second-order valence-corrected chi connectivity index (χ2v) is 5.64. The van der Waals surface area contributed by atoms with Crippen LogP contribution >= 0.6 is 0 Å². The first-order valence-corrected chi connectivity index (χ1v) is 7.30. The summed E-state index contributed by atoms with van der Waals surface area (Å²) in [5, 5.41) is 10.4. The number of hydrogen-bond donors (Lipinski definition) is 1. The van der Waals surface area contributed by atoms with Gasteiger partial charge in [0.05, 0.1) is 17.5 Å². The van der Waals surface area contributed by atoms with Crippen LogP contribution in [0.1, 0.15) is 18.2 Å². The molecule has 2 aromatic heterocycles. The van der Waals surface area contributed by atoms with Gasteiger partial charge in [0.1, 0.15) is 5.82 Å². The van der Waals surface area contributed by atoms with Gasteiger partial charge in [-0.25, -0.2) is 4.98 Å². The summed E-state index contributed by atoms with van der Waals surface area (Å²) < 4.78 is 37.8. The minimum absolute atomic E-state index is 0.153. The van der Waals surface area contributed by atoms with E-state index in [-0.39, 0.29) is 6.04 Å². The maximum atomic E-state index is 12.6. The molecule has 0 radical (unpaired) electrons. The molecule has 9 heteroatoms. The topological polar surface area (TPSA) is 60.9 Å². The highest BCUT2D eigenvalue weighted by Crippen LogP contribution is 2.30. The highest BCUT2D eigenvalue weighted by atomic mass is 19.4. The van der Waals surface area contributed by atoms with Gasteiger partial charge in [-0.2, -0.15) is 28.6 Å². The molecule has 1 saturated heterocycles. The first-order chi connectivity index (χ1) is 10.9. The van der Waals surface area contributed by atoms with Crippen molar-refractivity contribution >= 4 is 5.82 Å². The maximum absolute atomic E-state index is 12.6. The van der Waals surface area contributed by atoms with Gasteiger partial charge in [0.2, 0.25) is 0 Å². The van der Waals surface area contributed by atoms with Gasteiger partial charge in [-0.1, -0.05) is 0 Å². The van der Waals surface area contributed by atoms with Gasteiger partial charge < -0.3 is 4.90 Å². The van der Waals surface area contributed by atoms with Crippen LogP contribution in [0.4, 0.5) is 19.0 Å². The van der Waals surface area contributed by atoms with E-state index >= 15 is 0 Å². The third-order valence-electron chi connectivity index (χ3n) is 3.93.